The minimum atomic E-state index is 0. The number of benzene rings is 3. The third-order valence-electron chi connectivity index (χ3n) is 6.67. The summed E-state index contributed by atoms with van der Waals surface area (Å²) in [5.74, 6) is 3.01. The average Bonchev–Trinajstić information content (AvgIpc) is 3.34. The van der Waals surface area contributed by atoms with Crippen molar-refractivity contribution in [1.29, 1.82) is 0 Å². The molecule has 186 valence electrons. The summed E-state index contributed by atoms with van der Waals surface area (Å²) < 4.78 is 31.3. The van der Waals surface area contributed by atoms with E-state index in [9.17, 15) is 0 Å². The molecule has 6 rings (SSSR count). The molecule has 0 N–H and O–H groups in total. The fraction of sp³-hybridized carbons (Fsp3) is 0.250. The molecular weight excluding hydrogens is 593 g/mol. The minimum Gasteiger partial charge on any atom is -1.00 e. The fourth-order valence-corrected chi connectivity index (χ4v) is 5.13. The Bertz CT molecular complexity index is 1440. The number of nitrogens with zero attached hydrogens (tertiary/aromatic N) is 1. The molecule has 4 aromatic rings. The second-order valence-corrected chi connectivity index (χ2v) is 9.08. The molecule has 0 radical (unpaired) electrons. The highest BCUT2D eigenvalue weighted by Crippen LogP contribution is 2.43. The van der Waals surface area contributed by atoms with Crippen molar-refractivity contribution in [1.82, 2.24) is 0 Å². The van der Waals surface area contributed by atoms with Crippen molar-refractivity contribution in [2.45, 2.75) is 26.2 Å². The van der Waals surface area contributed by atoms with Crippen molar-refractivity contribution in [3.8, 4) is 34.3 Å². The van der Waals surface area contributed by atoms with E-state index in [2.05, 4.69) is 29.0 Å². The Morgan fingerprint density at radius 2 is 1.69 bits per heavy atom. The number of methoxy groups -OCH3 is 2. The van der Waals surface area contributed by atoms with E-state index in [0.717, 1.165) is 63.4 Å². The zero-order valence-corrected chi connectivity index (χ0v) is 22.9. The first-order chi connectivity index (χ1) is 17.2. The van der Waals surface area contributed by atoms with Gasteiger partial charge in [0.2, 0.25) is 12.5 Å². The summed E-state index contributed by atoms with van der Waals surface area (Å²) in [6.45, 7) is 2.00. The lowest BCUT2D eigenvalue weighted by atomic mass is 9.91. The lowest BCUT2D eigenvalue weighted by Gasteiger charge is -2.21. The van der Waals surface area contributed by atoms with Crippen LogP contribution in [-0.2, 0) is 30.9 Å². The number of fused-ring (bicyclic) bond motifs is 5. The summed E-state index contributed by atoms with van der Waals surface area (Å²) in [6, 6.07) is 16.0. The Labute approximate surface area is 231 Å². The second-order valence-electron chi connectivity index (χ2n) is 8.64. The van der Waals surface area contributed by atoms with Crippen LogP contribution >= 0.6 is 11.6 Å². The van der Waals surface area contributed by atoms with Gasteiger partial charge in [0.1, 0.15) is 0 Å². The highest BCUT2D eigenvalue weighted by atomic mass is 127. The van der Waals surface area contributed by atoms with Gasteiger partial charge in [-0.2, -0.15) is 4.57 Å². The molecule has 8 heteroatoms. The molecule has 36 heavy (non-hydrogen) atoms. The van der Waals surface area contributed by atoms with Gasteiger partial charge in [0.25, 0.3) is 0 Å². The van der Waals surface area contributed by atoms with Gasteiger partial charge in [-0.25, -0.2) is 0 Å². The summed E-state index contributed by atoms with van der Waals surface area (Å²) in [5, 5.41) is 2.77. The monoisotopic (exact) mass is 617 g/mol. The van der Waals surface area contributed by atoms with Gasteiger partial charge in [0.05, 0.1) is 43.9 Å². The van der Waals surface area contributed by atoms with Gasteiger partial charge in [-0.15, -0.1) is 0 Å². The van der Waals surface area contributed by atoms with Crippen LogP contribution in [0.5, 0.6) is 23.0 Å². The summed E-state index contributed by atoms with van der Waals surface area (Å²) in [4.78, 5) is 0. The van der Waals surface area contributed by atoms with Crippen molar-refractivity contribution in [3.63, 3.8) is 0 Å². The van der Waals surface area contributed by atoms with Gasteiger partial charge >= 0.3 is 0 Å². The third kappa shape index (κ3) is 4.33. The standard InChI is InChI=1S/C28H25ClNO5.HI/c1-31-24-8-7-20-22(28(24)32-2)13-30-10-9-18-11-25-26(35-16-34-25)12-21(18)27(30)23(20)15-33-14-17-3-5-19(29)6-4-17;/h3-8,11-13H,9-10,14-16H2,1-2H3;1H/q+1;/p-1. The maximum absolute atomic E-state index is 6.27. The number of hydrogen-bond donors (Lipinski definition) is 0. The van der Waals surface area contributed by atoms with E-state index in [0.29, 0.717) is 24.0 Å². The summed E-state index contributed by atoms with van der Waals surface area (Å²) >= 11 is 6.04. The Kier molecular flexibility index (Phi) is 7.14. The summed E-state index contributed by atoms with van der Waals surface area (Å²) in [5.41, 5.74) is 5.67. The van der Waals surface area contributed by atoms with Crippen LogP contribution in [0.4, 0.5) is 0 Å². The SMILES string of the molecule is COc1ccc2c(COCc3ccc(Cl)cc3)c3[n+](cc2c1OC)CCc1cc2c(cc1-3)OCO2.[I-]. The van der Waals surface area contributed by atoms with Crippen LogP contribution in [0.25, 0.3) is 22.0 Å². The van der Waals surface area contributed by atoms with Gasteiger partial charge in [-0.1, -0.05) is 23.7 Å². The average molecular weight is 618 g/mol. The molecule has 0 unspecified atom stereocenters. The van der Waals surface area contributed by atoms with Crippen molar-refractivity contribution in [3.05, 3.63) is 76.4 Å². The number of halogens is 2. The first kappa shape index (κ1) is 24.9. The third-order valence-corrected chi connectivity index (χ3v) is 6.92. The zero-order chi connectivity index (χ0) is 23.9. The van der Waals surface area contributed by atoms with Crippen molar-refractivity contribution < 1.29 is 52.2 Å². The highest BCUT2D eigenvalue weighted by molar-refractivity contribution is 6.30. The lowest BCUT2D eigenvalue weighted by Crippen LogP contribution is -3.00. The van der Waals surface area contributed by atoms with Crippen molar-refractivity contribution >= 4 is 22.4 Å². The van der Waals surface area contributed by atoms with Gasteiger partial charge in [-0.3, -0.25) is 0 Å². The zero-order valence-electron chi connectivity index (χ0n) is 20.0. The predicted octanol–water partition coefficient (Wildman–Crippen LogP) is 2.47. The molecule has 0 saturated carbocycles. The molecule has 1 aromatic heterocycles. The number of rotatable bonds is 6. The second kappa shape index (κ2) is 10.3. The molecule has 2 aliphatic heterocycles. The van der Waals surface area contributed by atoms with Gasteiger partial charge in [-0.05, 0) is 47.5 Å². The topological polar surface area (TPSA) is 50.0 Å². The maximum Gasteiger partial charge on any atom is 0.231 e. The largest absolute Gasteiger partial charge is 1.00 e. The van der Waals surface area contributed by atoms with Crippen molar-refractivity contribution in [2.24, 2.45) is 0 Å². The normalized spacial score (nSPS) is 13.1. The van der Waals surface area contributed by atoms with Crippen LogP contribution < -0.4 is 47.5 Å². The lowest BCUT2D eigenvalue weighted by molar-refractivity contribution is -0.686. The van der Waals surface area contributed by atoms with E-state index >= 15 is 0 Å². The Balaban J connectivity index is 0.00000267. The quantitative estimate of drug-likeness (QED) is 0.246. The van der Waals surface area contributed by atoms with E-state index in [1.165, 1.54) is 5.56 Å². The molecule has 2 aliphatic rings. The van der Waals surface area contributed by atoms with E-state index < -0.39 is 0 Å². The number of aryl methyl sites for hydroxylation is 2. The fourth-order valence-electron chi connectivity index (χ4n) is 5.01. The Morgan fingerprint density at radius 3 is 2.44 bits per heavy atom. The van der Waals surface area contributed by atoms with Crippen LogP contribution in [0.3, 0.4) is 0 Å². The molecule has 0 fully saturated rings. The first-order valence-electron chi connectivity index (χ1n) is 11.5. The van der Waals surface area contributed by atoms with Crippen LogP contribution in [-0.4, -0.2) is 21.0 Å². The minimum absolute atomic E-state index is 0. The summed E-state index contributed by atoms with van der Waals surface area (Å²) in [6.07, 6.45) is 3.05. The molecule has 0 aliphatic carbocycles. The molecule has 6 nitrogen and oxygen atoms in total. The van der Waals surface area contributed by atoms with Gasteiger partial charge < -0.3 is 47.7 Å². The molecule has 0 atom stereocenters. The number of hydrogen-bond acceptors (Lipinski definition) is 5. The molecule has 3 aromatic carbocycles. The van der Waals surface area contributed by atoms with E-state index in [4.69, 9.17) is 35.3 Å². The maximum atomic E-state index is 6.27. The Morgan fingerprint density at radius 1 is 0.917 bits per heavy atom. The predicted molar refractivity (Wildman–Crippen MR) is 132 cm³/mol. The molecule has 0 bridgehead atoms. The van der Waals surface area contributed by atoms with E-state index in [1.807, 2.05) is 30.3 Å². The highest BCUT2D eigenvalue weighted by Gasteiger charge is 2.32. The smallest absolute Gasteiger partial charge is 0.231 e. The number of aromatic nitrogens is 1. The number of pyridine rings is 1. The van der Waals surface area contributed by atoms with Crippen LogP contribution in [0, 0.1) is 0 Å². The van der Waals surface area contributed by atoms with Gasteiger partial charge in [0.15, 0.2) is 35.7 Å². The van der Waals surface area contributed by atoms with Crippen LogP contribution in [0.2, 0.25) is 5.02 Å². The van der Waals surface area contributed by atoms with E-state index in [-0.39, 0.29) is 30.8 Å². The molecule has 0 saturated heterocycles. The Hall–Kier alpha value is -2.75. The van der Waals surface area contributed by atoms with Crippen LogP contribution in [0.15, 0.2) is 54.7 Å². The van der Waals surface area contributed by atoms with Gasteiger partial charge in [0, 0.05) is 16.8 Å². The first-order valence-corrected chi connectivity index (χ1v) is 11.9. The van der Waals surface area contributed by atoms with Crippen LogP contribution in [0.1, 0.15) is 16.7 Å². The molecular formula is C28H25ClINO5. The molecule has 0 spiro atoms. The van der Waals surface area contributed by atoms with Crippen molar-refractivity contribution in [2.75, 3.05) is 21.0 Å². The molecule has 3 heterocycles. The molecule has 0 amide bonds. The van der Waals surface area contributed by atoms with E-state index in [1.54, 1.807) is 14.2 Å². The summed E-state index contributed by atoms with van der Waals surface area (Å²) in [7, 11) is 3.33. The number of ether oxygens (including phenoxy) is 5.